The molecule has 0 spiro atoms. The molecule has 0 unspecified atom stereocenters. The minimum Gasteiger partial charge on any atom is -0.260 e. The molecule has 1 heteroatoms. The van der Waals surface area contributed by atoms with E-state index in [4.69, 9.17) is 0 Å². The molecular formula is C16H19N. The number of aryl methyl sites for hydroxylation is 1. The predicted molar refractivity (Wildman–Crippen MR) is 72.2 cm³/mol. The van der Waals surface area contributed by atoms with Crippen LogP contribution in [-0.2, 0) is 11.8 Å². The van der Waals surface area contributed by atoms with Gasteiger partial charge in [-0.25, -0.2) is 0 Å². The maximum Gasteiger partial charge on any atom is 0.0503 e. The minimum absolute atomic E-state index is 0.0353. The summed E-state index contributed by atoms with van der Waals surface area (Å²) in [5.41, 5.74) is 3.79. The lowest BCUT2D eigenvalue weighted by atomic mass is 9.80. The zero-order valence-corrected chi connectivity index (χ0v) is 10.8. The molecule has 1 nitrogen and oxygen atoms in total. The summed E-state index contributed by atoms with van der Waals surface area (Å²) in [6, 6.07) is 14.9. The maximum atomic E-state index is 4.48. The summed E-state index contributed by atoms with van der Waals surface area (Å²) >= 11 is 0. The molecule has 0 N–H and O–H groups in total. The summed E-state index contributed by atoms with van der Waals surface area (Å²) in [5, 5.41) is 0. The second-order valence-electron chi connectivity index (χ2n) is 4.89. The highest BCUT2D eigenvalue weighted by molar-refractivity contribution is 5.36. The molecule has 88 valence electrons. The summed E-state index contributed by atoms with van der Waals surface area (Å²) in [4.78, 5) is 4.48. The number of benzene rings is 1. The van der Waals surface area contributed by atoms with E-state index < -0.39 is 0 Å². The van der Waals surface area contributed by atoms with Gasteiger partial charge in [0.25, 0.3) is 0 Å². The van der Waals surface area contributed by atoms with Gasteiger partial charge in [0.1, 0.15) is 0 Å². The van der Waals surface area contributed by atoms with Gasteiger partial charge in [-0.1, -0.05) is 51.1 Å². The predicted octanol–water partition coefficient (Wildman–Crippen LogP) is 3.97. The average Bonchev–Trinajstić information content (AvgIpc) is 2.40. The number of nitrogens with zero attached hydrogens (tertiary/aromatic N) is 1. The van der Waals surface area contributed by atoms with E-state index in [-0.39, 0.29) is 5.41 Å². The Hall–Kier alpha value is -1.63. The summed E-state index contributed by atoms with van der Waals surface area (Å²) < 4.78 is 0. The number of hydrogen-bond donors (Lipinski definition) is 0. The second kappa shape index (κ2) is 4.70. The zero-order valence-electron chi connectivity index (χ0n) is 10.8. The minimum atomic E-state index is -0.0353. The molecule has 0 aliphatic heterocycles. The monoisotopic (exact) mass is 225 g/mol. The fourth-order valence-corrected chi connectivity index (χ4v) is 2.06. The summed E-state index contributed by atoms with van der Waals surface area (Å²) in [6.07, 6.45) is 2.94. The molecule has 0 amide bonds. The Morgan fingerprint density at radius 2 is 1.88 bits per heavy atom. The zero-order chi connectivity index (χ0) is 12.3. The number of rotatable bonds is 3. The van der Waals surface area contributed by atoms with Crippen molar-refractivity contribution in [3.8, 4) is 0 Å². The third kappa shape index (κ3) is 2.38. The Morgan fingerprint density at radius 1 is 1.06 bits per heavy atom. The number of hydrogen-bond acceptors (Lipinski definition) is 1. The third-order valence-corrected chi connectivity index (χ3v) is 3.36. The van der Waals surface area contributed by atoms with Crippen molar-refractivity contribution in [2.24, 2.45) is 0 Å². The van der Waals surface area contributed by atoms with E-state index in [2.05, 4.69) is 56.1 Å². The van der Waals surface area contributed by atoms with Crippen molar-refractivity contribution in [3.63, 3.8) is 0 Å². The highest BCUT2D eigenvalue weighted by atomic mass is 14.7. The van der Waals surface area contributed by atoms with Crippen molar-refractivity contribution in [1.29, 1.82) is 0 Å². The summed E-state index contributed by atoms with van der Waals surface area (Å²) in [5.74, 6) is 0. The molecular weight excluding hydrogens is 206 g/mol. The molecule has 1 aromatic carbocycles. The molecule has 1 heterocycles. The standard InChI is InChI=1S/C16H19N/c1-4-13-8-7-9-14(12-13)16(2,3)15-10-5-6-11-17-15/h5-12H,4H2,1-3H3. The lowest BCUT2D eigenvalue weighted by Gasteiger charge is -2.25. The van der Waals surface area contributed by atoms with Crippen LogP contribution in [0, 0.1) is 0 Å². The van der Waals surface area contributed by atoms with Gasteiger partial charge in [0.05, 0.1) is 5.69 Å². The van der Waals surface area contributed by atoms with Gasteiger partial charge in [0.15, 0.2) is 0 Å². The first-order valence-corrected chi connectivity index (χ1v) is 6.15. The van der Waals surface area contributed by atoms with Crippen molar-refractivity contribution in [2.45, 2.75) is 32.6 Å². The smallest absolute Gasteiger partial charge is 0.0503 e. The fourth-order valence-electron chi connectivity index (χ4n) is 2.06. The SMILES string of the molecule is CCc1cccc(C(C)(C)c2ccccn2)c1. The van der Waals surface area contributed by atoms with Crippen molar-refractivity contribution in [3.05, 3.63) is 65.5 Å². The van der Waals surface area contributed by atoms with E-state index in [9.17, 15) is 0 Å². The van der Waals surface area contributed by atoms with Gasteiger partial charge < -0.3 is 0 Å². The van der Waals surface area contributed by atoms with Crippen LogP contribution in [0.2, 0.25) is 0 Å². The molecule has 0 aliphatic carbocycles. The van der Waals surface area contributed by atoms with Gasteiger partial charge in [-0.2, -0.15) is 0 Å². The Morgan fingerprint density at radius 3 is 2.53 bits per heavy atom. The van der Waals surface area contributed by atoms with E-state index in [1.807, 2.05) is 18.3 Å². The Kier molecular flexibility index (Phi) is 3.28. The van der Waals surface area contributed by atoms with Crippen LogP contribution in [0.3, 0.4) is 0 Å². The van der Waals surface area contributed by atoms with Crippen molar-refractivity contribution >= 4 is 0 Å². The van der Waals surface area contributed by atoms with E-state index in [1.165, 1.54) is 11.1 Å². The quantitative estimate of drug-likeness (QED) is 0.770. The molecule has 0 atom stereocenters. The Bertz CT molecular complexity index is 486. The lowest BCUT2D eigenvalue weighted by molar-refractivity contribution is 0.616. The number of pyridine rings is 1. The van der Waals surface area contributed by atoms with Gasteiger partial charge in [-0.15, -0.1) is 0 Å². The molecule has 1 aromatic heterocycles. The van der Waals surface area contributed by atoms with Crippen molar-refractivity contribution in [1.82, 2.24) is 4.98 Å². The fraction of sp³-hybridized carbons (Fsp3) is 0.312. The van der Waals surface area contributed by atoms with E-state index in [1.54, 1.807) is 0 Å². The average molecular weight is 225 g/mol. The summed E-state index contributed by atoms with van der Waals surface area (Å²) in [6.45, 7) is 6.64. The van der Waals surface area contributed by atoms with Crippen molar-refractivity contribution < 1.29 is 0 Å². The van der Waals surface area contributed by atoms with Crippen LogP contribution in [0.15, 0.2) is 48.7 Å². The topological polar surface area (TPSA) is 12.9 Å². The lowest BCUT2D eigenvalue weighted by Crippen LogP contribution is -2.20. The summed E-state index contributed by atoms with van der Waals surface area (Å²) in [7, 11) is 0. The Labute approximate surface area is 104 Å². The molecule has 0 bridgehead atoms. The van der Waals surface area contributed by atoms with E-state index in [0.29, 0.717) is 0 Å². The van der Waals surface area contributed by atoms with Gasteiger partial charge in [0.2, 0.25) is 0 Å². The van der Waals surface area contributed by atoms with Gasteiger partial charge in [0, 0.05) is 11.6 Å². The Balaban J connectivity index is 2.44. The largest absolute Gasteiger partial charge is 0.260 e. The third-order valence-electron chi connectivity index (χ3n) is 3.36. The van der Waals surface area contributed by atoms with Crippen LogP contribution >= 0.6 is 0 Å². The van der Waals surface area contributed by atoms with Crippen LogP contribution in [0.5, 0.6) is 0 Å². The van der Waals surface area contributed by atoms with Crippen LogP contribution in [0.25, 0.3) is 0 Å². The van der Waals surface area contributed by atoms with E-state index >= 15 is 0 Å². The van der Waals surface area contributed by atoms with Crippen molar-refractivity contribution in [2.75, 3.05) is 0 Å². The van der Waals surface area contributed by atoms with Crippen LogP contribution < -0.4 is 0 Å². The second-order valence-corrected chi connectivity index (χ2v) is 4.89. The molecule has 0 fully saturated rings. The first-order valence-electron chi connectivity index (χ1n) is 6.15. The first-order chi connectivity index (χ1) is 8.14. The van der Waals surface area contributed by atoms with Crippen LogP contribution in [0.4, 0.5) is 0 Å². The van der Waals surface area contributed by atoms with Gasteiger partial charge in [-0.3, -0.25) is 4.98 Å². The highest BCUT2D eigenvalue weighted by Gasteiger charge is 2.24. The molecule has 2 aromatic rings. The molecule has 0 radical (unpaired) electrons. The van der Waals surface area contributed by atoms with Gasteiger partial charge in [-0.05, 0) is 29.7 Å². The highest BCUT2D eigenvalue weighted by Crippen LogP contribution is 2.30. The maximum absolute atomic E-state index is 4.48. The van der Waals surface area contributed by atoms with Gasteiger partial charge >= 0.3 is 0 Å². The number of aromatic nitrogens is 1. The van der Waals surface area contributed by atoms with Crippen LogP contribution in [-0.4, -0.2) is 4.98 Å². The van der Waals surface area contributed by atoms with Crippen LogP contribution in [0.1, 0.15) is 37.6 Å². The first kappa shape index (κ1) is 11.8. The normalized spacial score (nSPS) is 11.5. The molecule has 2 rings (SSSR count). The van der Waals surface area contributed by atoms with E-state index in [0.717, 1.165) is 12.1 Å². The molecule has 0 saturated heterocycles. The molecule has 0 saturated carbocycles. The molecule has 17 heavy (non-hydrogen) atoms. The molecule has 0 aliphatic rings.